The molecule has 0 heterocycles. The smallest absolute Gasteiger partial charge is 0.00106 e. The maximum absolute atomic E-state index is 3.34. The van der Waals surface area contributed by atoms with E-state index in [1.807, 2.05) is 4.99 Å². The highest BCUT2D eigenvalue weighted by atomic mass is 79.9. The molecule has 1 aliphatic carbocycles. The first kappa shape index (κ1) is 10.8. The lowest BCUT2D eigenvalue weighted by atomic mass is 9.99. The molecule has 0 saturated heterocycles. The molecule has 17 heavy (non-hydrogen) atoms. The zero-order chi connectivity index (χ0) is 11.7. The van der Waals surface area contributed by atoms with Crippen molar-refractivity contribution in [3.8, 4) is 11.1 Å². The van der Waals surface area contributed by atoms with Gasteiger partial charge in [-0.25, -0.2) is 0 Å². The highest BCUT2D eigenvalue weighted by Crippen LogP contribution is 2.38. The Hall–Kier alpha value is -1.34. The summed E-state index contributed by atoms with van der Waals surface area (Å²) >= 11 is 3.34. The van der Waals surface area contributed by atoms with E-state index in [1.165, 1.54) is 27.8 Å². The molecule has 0 atom stereocenters. The molecule has 0 N–H and O–H groups in total. The molecule has 0 fully saturated rings. The maximum Gasteiger partial charge on any atom is -0.00106 e. The zero-order valence-corrected chi connectivity index (χ0v) is 11.1. The third kappa shape index (κ3) is 1.85. The van der Waals surface area contributed by atoms with Crippen LogP contribution in [-0.2, 0) is 12.8 Å². The van der Waals surface area contributed by atoms with Gasteiger partial charge in [0.25, 0.3) is 0 Å². The second-order valence-electron chi connectivity index (χ2n) is 4.34. The number of fused-ring (bicyclic) bond motifs is 3. The van der Waals surface area contributed by atoms with E-state index in [0.29, 0.717) is 0 Å². The largest absolute Gasteiger partial charge is 0.0732 e. The van der Waals surface area contributed by atoms with Crippen LogP contribution in [0.5, 0.6) is 0 Å². The minimum absolute atomic E-state index is 1.00. The predicted octanol–water partition coefficient (Wildman–Crippen LogP) is 4.71. The van der Waals surface area contributed by atoms with Crippen molar-refractivity contribution in [3.63, 3.8) is 0 Å². The summed E-state index contributed by atoms with van der Waals surface area (Å²) in [5.74, 6) is 0. The topological polar surface area (TPSA) is 0 Å². The molecule has 0 spiro atoms. The highest BCUT2D eigenvalue weighted by molar-refractivity contribution is 9.11. The first-order chi connectivity index (χ1) is 8.40. The van der Waals surface area contributed by atoms with Crippen LogP contribution in [0, 0.1) is 0 Å². The molecule has 3 rings (SSSR count). The van der Waals surface area contributed by atoms with E-state index in [9.17, 15) is 0 Å². The van der Waals surface area contributed by atoms with Gasteiger partial charge in [-0.15, -0.1) is 0 Å². The molecule has 1 aliphatic rings. The van der Waals surface area contributed by atoms with Gasteiger partial charge in [-0.05, 0) is 45.6 Å². The number of hydrogen-bond donors (Lipinski definition) is 0. The summed E-state index contributed by atoms with van der Waals surface area (Å²) in [4.78, 5) is 1.94. The van der Waals surface area contributed by atoms with Gasteiger partial charge in [0.05, 0.1) is 0 Å². The van der Waals surface area contributed by atoms with Gasteiger partial charge in [-0.3, -0.25) is 0 Å². The Balaban J connectivity index is 2.10. The Bertz CT molecular complexity index is 582. The normalized spacial score (nSPS) is 12.8. The van der Waals surface area contributed by atoms with Crippen LogP contribution in [0.25, 0.3) is 11.1 Å². The maximum atomic E-state index is 3.34. The number of benzene rings is 2. The summed E-state index contributed by atoms with van der Waals surface area (Å²) in [7, 11) is 0. The minimum Gasteiger partial charge on any atom is -0.0732 e. The van der Waals surface area contributed by atoms with Crippen molar-refractivity contribution in [2.45, 2.75) is 12.8 Å². The van der Waals surface area contributed by atoms with E-state index in [1.54, 1.807) is 0 Å². The first-order valence-electron chi connectivity index (χ1n) is 5.84. The molecule has 1 heteroatoms. The molecule has 0 unspecified atom stereocenters. The number of rotatable bonds is 2. The molecule has 0 bridgehead atoms. The van der Waals surface area contributed by atoms with Crippen LogP contribution >= 0.6 is 15.9 Å². The van der Waals surface area contributed by atoms with E-state index in [2.05, 4.69) is 64.5 Å². The van der Waals surface area contributed by atoms with Gasteiger partial charge in [0.1, 0.15) is 0 Å². The van der Waals surface area contributed by atoms with Crippen molar-refractivity contribution in [2.75, 3.05) is 0 Å². The van der Waals surface area contributed by atoms with Crippen molar-refractivity contribution in [2.24, 2.45) is 0 Å². The molecule has 84 valence electrons. The molecule has 2 aromatic rings. The van der Waals surface area contributed by atoms with E-state index in [4.69, 9.17) is 0 Å². The molecule has 0 saturated carbocycles. The van der Waals surface area contributed by atoms with Gasteiger partial charge in [-0.1, -0.05) is 64.5 Å². The van der Waals surface area contributed by atoms with Crippen molar-refractivity contribution in [1.82, 2.24) is 0 Å². The molecule has 0 nitrogen and oxygen atoms in total. The lowest BCUT2D eigenvalue weighted by Crippen LogP contribution is -1.90. The van der Waals surface area contributed by atoms with Crippen LogP contribution in [0.15, 0.2) is 53.5 Å². The molecular formula is C16H13Br. The number of allylic oxidation sites excluding steroid dienone is 1. The average molecular weight is 285 g/mol. The Morgan fingerprint density at radius 3 is 2.71 bits per heavy atom. The third-order valence-corrected chi connectivity index (χ3v) is 3.75. The quantitative estimate of drug-likeness (QED) is 0.639. The van der Waals surface area contributed by atoms with Crippen LogP contribution in [-0.4, -0.2) is 0 Å². The summed E-state index contributed by atoms with van der Waals surface area (Å²) in [6, 6.07) is 15.4. The second kappa shape index (κ2) is 4.50. The van der Waals surface area contributed by atoms with Gasteiger partial charge in [-0.2, -0.15) is 0 Å². The lowest BCUT2D eigenvalue weighted by Gasteiger charge is -2.05. The minimum atomic E-state index is 1.00. The van der Waals surface area contributed by atoms with Gasteiger partial charge < -0.3 is 0 Å². The fourth-order valence-corrected chi connectivity index (χ4v) is 2.77. The van der Waals surface area contributed by atoms with Crippen LogP contribution in [0.1, 0.15) is 16.7 Å². The van der Waals surface area contributed by atoms with Gasteiger partial charge in [0.2, 0.25) is 0 Å². The van der Waals surface area contributed by atoms with Crippen LogP contribution < -0.4 is 0 Å². The monoisotopic (exact) mass is 284 g/mol. The molecule has 0 radical (unpaired) electrons. The first-order valence-corrected chi connectivity index (χ1v) is 6.76. The third-order valence-electron chi connectivity index (χ3n) is 3.37. The summed E-state index contributed by atoms with van der Waals surface area (Å²) in [6.07, 6.45) is 4.23. The molecule has 2 aromatic carbocycles. The van der Waals surface area contributed by atoms with Crippen LogP contribution in [0.4, 0.5) is 0 Å². The standard InChI is InChI=1S/C16H13Br/c17-10-4-7-12-6-3-9-15-14-8-2-1-5-13(14)11-16(12)15/h1-6,8-10H,7,11H2. The van der Waals surface area contributed by atoms with E-state index < -0.39 is 0 Å². The molecule has 0 aliphatic heterocycles. The summed E-state index contributed by atoms with van der Waals surface area (Å²) in [5, 5.41) is 0. The van der Waals surface area contributed by atoms with Crippen molar-refractivity contribution in [3.05, 3.63) is 70.2 Å². The van der Waals surface area contributed by atoms with E-state index in [-0.39, 0.29) is 0 Å². The predicted molar refractivity (Wildman–Crippen MR) is 76.5 cm³/mol. The Morgan fingerprint density at radius 1 is 1.00 bits per heavy atom. The van der Waals surface area contributed by atoms with Crippen LogP contribution in [0.3, 0.4) is 0 Å². The molecule has 0 amide bonds. The Morgan fingerprint density at radius 2 is 1.82 bits per heavy atom. The summed E-state index contributed by atoms with van der Waals surface area (Å²) in [5.41, 5.74) is 7.22. The number of halogens is 1. The Kier molecular flexibility index (Phi) is 2.86. The van der Waals surface area contributed by atoms with Crippen molar-refractivity contribution >= 4 is 15.9 Å². The second-order valence-corrected chi connectivity index (χ2v) is 4.87. The van der Waals surface area contributed by atoms with E-state index in [0.717, 1.165) is 12.8 Å². The fraction of sp³-hybridized carbons (Fsp3) is 0.125. The summed E-state index contributed by atoms with van der Waals surface area (Å²) < 4.78 is 0. The number of hydrogen-bond acceptors (Lipinski definition) is 0. The average Bonchev–Trinajstić information content (AvgIpc) is 2.75. The summed E-state index contributed by atoms with van der Waals surface area (Å²) in [6.45, 7) is 0. The Labute approximate surface area is 110 Å². The van der Waals surface area contributed by atoms with Gasteiger partial charge in [0.15, 0.2) is 0 Å². The van der Waals surface area contributed by atoms with Gasteiger partial charge >= 0.3 is 0 Å². The van der Waals surface area contributed by atoms with Gasteiger partial charge in [0, 0.05) is 0 Å². The van der Waals surface area contributed by atoms with Crippen molar-refractivity contribution in [1.29, 1.82) is 0 Å². The van der Waals surface area contributed by atoms with Crippen molar-refractivity contribution < 1.29 is 0 Å². The lowest BCUT2D eigenvalue weighted by molar-refractivity contribution is 1.16. The highest BCUT2D eigenvalue weighted by Gasteiger charge is 2.19. The van der Waals surface area contributed by atoms with Crippen LogP contribution in [0.2, 0.25) is 0 Å². The fourth-order valence-electron chi connectivity index (χ4n) is 2.59. The molecule has 0 aromatic heterocycles. The SMILES string of the molecule is BrC=CCc1cccc2c1Cc1ccccc1-2. The molecular weight excluding hydrogens is 272 g/mol. The zero-order valence-electron chi connectivity index (χ0n) is 9.49. The van der Waals surface area contributed by atoms with E-state index >= 15 is 0 Å².